The highest BCUT2D eigenvalue weighted by molar-refractivity contribution is 14.1. The monoisotopic (exact) mass is 386 g/mol. The molecule has 0 aliphatic heterocycles. The van der Waals surface area contributed by atoms with Gasteiger partial charge in [-0.2, -0.15) is 0 Å². The van der Waals surface area contributed by atoms with Gasteiger partial charge in [0.2, 0.25) is 0 Å². The minimum Gasteiger partial charge on any atom is -0.497 e. The van der Waals surface area contributed by atoms with Crippen LogP contribution >= 0.6 is 22.6 Å². The van der Waals surface area contributed by atoms with E-state index in [1.165, 1.54) is 12.1 Å². The molecular formula is C16H16FIO2. The van der Waals surface area contributed by atoms with Gasteiger partial charge in [0.15, 0.2) is 0 Å². The molecule has 0 saturated heterocycles. The number of methoxy groups -OCH3 is 1. The van der Waals surface area contributed by atoms with Gasteiger partial charge in [-0.05, 0) is 70.8 Å². The lowest BCUT2D eigenvalue weighted by molar-refractivity contribution is 0.167. The number of rotatable bonds is 5. The third kappa shape index (κ3) is 3.93. The number of aryl methyl sites for hydroxylation is 1. The summed E-state index contributed by atoms with van der Waals surface area (Å²) in [5, 5.41) is 10.2. The first-order valence-electron chi connectivity index (χ1n) is 6.36. The third-order valence-corrected chi connectivity index (χ3v) is 4.12. The Labute approximate surface area is 131 Å². The fourth-order valence-corrected chi connectivity index (χ4v) is 2.86. The molecule has 0 heterocycles. The molecule has 0 aliphatic carbocycles. The van der Waals surface area contributed by atoms with Crippen LogP contribution in [0.4, 0.5) is 4.39 Å². The Kier molecular flexibility index (Phi) is 5.37. The van der Waals surface area contributed by atoms with Crippen LogP contribution in [0.3, 0.4) is 0 Å². The van der Waals surface area contributed by atoms with E-state index in [1.807, 2.05) is 46.9 Å². The molecule has 2 aromatic carbocycles. The quantitative estimate of drug-likeness (QED) is 0.784. The summed E-state index contributed by atoms with van der Waals surface area (Å²) in [4.78, 5) is 0. The molecule has 2 nitrogen and oxygen atoms in total. The van der Waals surface area contributed by atoms with E-state index < -0.39 is 6.10 Å². The van der Waals surface area contributed by atoms with Crippen molar-refractivity contribution in [2.24, 2.45) is 0 Å². The van der Waals surface area contributed by atoms with Gasteiger partial charge in [0.25, 0.3) is 0 Å². The summed E-state index contributed by atoms with van der Waals surface area (Å²) in [6, 6.07) is 12.3. The second-order valence-electron chi connectivity index (χ2n) is 4.57. The maximum Gasteiger partial charge on any atom is 0.124 e. The summed E-state index contributed by atoms with van der Waals surface area (Å²) in [6.45, 7) is 0. The van der Waals surface area contributed by atoms with Crippen LogP contribution < -0.4 is 4.74 Å². The number of hydrogen-bond donors (Lipinski definition) is 1. The van der Waals surface area contributed by atoms with Crippen molar-refractivity contribution in [3.05, 3.63) is 63.0 Å². The van der Waals surface area contributed by atoms with Crippen molar-refractivity contribution >= 4 is 22.6 Å². The molecule has 0 saturated carbocycles. The number of benzene rings is 2. The predicted octanol–water partition coefficient (Wildman–Crippen LogP) is 4.11. The van der Waals surface area contributed by atoms with Crippen molar-refractivity contribution in [1.29, 1.82) is 0 Å². The summed E-state index contributed by atoms with van der Waals surface area (Å²) in [7, 11) is 1.63. The third-order valence-electron chi connectivity index (χ3n) is 3.19. The van der Waals surface area contributed by atoms with Gasteiger partial charge in [-0.3, -0.25) is 0 Å². The molecule has 2 rings (SSSR count). The summed E-state index contributed by atoms with van der Waals surface area (Å²) < 4.78 is 18.9. The molecule has 20 heavy (non-hydrogen) atoms. The van der Waals surface area contributed by atoms with Gasteiger partial charge in [0.05, 0.1) is 13.2 Å². The van der Waals surface area contributed by atoms with E-state index in [2.05, 4.69) is 0 Å². The molecule has 2 aromatic rings. The molecule has 1 unspecified atom stereocenters. The highest BCUT2D eigenvalue weighted by Gasteiger charge is 2.12. The first-order valence-corrected chi connectivity index (χ1v) is 7.44. The minimum atomic E-state index is -0.579. The standard InChI is InChI=1S/C16H16FIO2/c1-20-13-6-2-11(3-7-13)4-9-16(19)14-8-5-12(17)10-15(14)18/h2-3,5-8,10,16,19H,4,9H2,1H3. The maximum atomic E-state index is 13.0. The number of halogens is 2. The van der Waals surface area contributed by atoms with Gasteiger partial charge in [-0.25, -0.2) is 4.39 Å². The van der Waals surface area contributed by atoms with Gasteiger partial charge in [-0.1, -0.05) is 18.2 Å². The molecule has 0 amide bonds. The lowest BCUT2D eigenvalue weighted by atomic mass is 10.0. The zero-order valence-electron chi connectivity index (χ0n) is 11.1. The van der Waals surface area contributed by atoms with Crippen LogP contribution in [-0.2, 0) is 6.42 Å². The van der Waals surface area contributed by atoms with Crippen molar-refractivity contribution < 1.29 is 14.2 Å². The van der Waals surface area contributed by atoms with E-state index in [0.29, 0.717) is 6.42 Å². The molecule has 0 aliphatic rings. The van der Waals surface area contributed by atoms with Crippen molar-refractivity contribution in [2.45, 2.75) is 18.9 Å². The topological polar surface area (TPSA) is 29.5 Å². The minimum absolute atomic E-state index is 0.277. The molecule has 0 bridgehead atoms. The van der Waals surface area contributed by atoms with Gasteiger partial charge < -0.3 is 9.84 Å². The molecule has 1 atom stereocenters. The summed E-state index contributed by atoms with van der Waals surface area (Å²) in [5.74, 6) is 0.544. The fourth-order valence-electron chi connectivity index (χ4n) is 2.02. The Morgan fingerprint density at radius 3 is 2.50 bits per heavy atom. The average molecular weight is 386 g/mol. The molecular weight excluding hydrogens is 370 g/mol. The van der Waals surface area contributed by atoms with Gasteiger partial charge in [0, 0.05) is 3.57 Å². The van der Waals surface area contributed by atoms with E-state index in [-0.39, 0.29) is 5.82 Å². The highest BCUT2D eigenvalue weighted by Crippen LogP contribution is 2.25. The number of aliphatic hydroxyl groups excluding tert-OH is 1. The van der Waals surface area contributed by atoms with Crippen LogP contribution in [-0.4, -0.2) is 12.2 Å². The van der Waals surface area contributed by atoms with Crippen molar-refractivity contribution in [3.8, 4) is 5.75 Å². The summed E-state index contributed by atoms with van der Waals surface area (Å²) in [6.07, 6.45) is 0.789. The fraction of sp³-hybridized carbons (Fsp3) is 0.250. The molecule has 1 N–H and O–H groups in total. The molecule has 4 heteroatoms. The molecule has 106 valence electrons. The van der Waals surface area contributed by atoms with Crippen molar-refractivity contribution in [1.82, 2.24) is 0 Å². The van der Waals surface area contributed by atoms with Gasteiger partial charge in [0.1, 0.15) is 11.6 Å². The average Bonchev–Trinajstić information content (AvgIpc) is 2.45. The van der Waals surface area contributed by atoms with E-state index in [0.717, 1.165) is 26.9 Å². The number of ether oxygens (including phenoxy) is 1. The SMILES string of the molecule is COc1ccc(CCC(O)c2ccc(F)cc2I)cc1. The zero-order valence-corrected chi connectivity index (χ0v) is 13.3. The molecule has 0 spiro atoms. The van der Waals surface area contributed by atoms with E-state index in [9.17, 15) is 9.50 Å². The summed E-state index contributed by atoms with van der Waals surface area (Å²) in [5.41, 5.74) is 1.92. The largest absolute Gasteiger partial charge is 0.497 e. The molecule has 0 radical (unpaired) electrons. The number of hydrogen-bond acceptors (Lipinski definition) is 2. The number of aliphatic hydroxyl groups is 1. The first-order chi connectivity index (χ1) is 9.60. The Balaban J connectivity index is 1.98. The van der Waals surface area contributed by atoms with Crippen LogP contribution in [0.1, 0.15) is 23.7 Å². The van der Waals surface area contributed by atoms with Crippen molar-refractivity contribution in [2.75, 3.05) is 7.11 Å². The predicted molar refractivity (Wildman–Crippen MR) is 85.4 cm³/mol. The second-order valence-corrected chi connectivity index (χ2v) is 5.73. The second kappa shape index (κ2) is 7.04. The maximum absolute atomic E-state index is 13.0. The van der Waals surface area contributed by atoms with Crippen molar-refractivity contribution in [3.63, 3.8) is 0 Å². The Hall–Kier alpha value is -1.14. The first kappa shape index (κ1) is 15.3. The van der Waals surface area contributed by atoms with Crippen LogP contribution in [0.5, 0.6) is 5.75 Å². The van der Waals surface area contributed by atoms with Crippen LogP contribution in [0.15, 0.2) is 42.5 Å². The zero-order chi connectivity index (χ0) is 14.5. The van der Waals surface area contributed by atoms with Crippen LogP contribution in [0.2, 0.25) is 0 Å². The van der Waals surface area contributed by atoms with E-state index >= 15 is 0 Å². The highest BCUT2D eigenvalue weighted by atomic mass is 127. The Morgan fingerprint density at radius 1 is 1.20 bits per heavy atom. The van der Waals surface area contributed by atoms with Gasteiger partial charge >= 0.3 is 0 Å². The van der Waals surface area contributed by atoms with E-state index in [1.54, 1.807) is 13.2 Å². The lowest BCUT2D eigenvalue weighted by Crippen LogP contribution is -2.02. The smallest absolute Gasteiger partial charge is 0.124 e. The molecule has 0 fully saturated rings. The van der Waals surface area contributed by atoms with Gasteiger partial charge in [-0.15, -0.1) is 0 Å². The van der Waals surface area contributed by atoms with E-state index in [4.69, 9.17) is 4.74 Å². The lowest BCUT2D eigenvalue weighted by Gasteiger charge is -2.13. The van der Waals surface area contributed by atoms with Crippen LogP contribution in [0, 0.1) is 9.39 Å². The Morgan fingerprint density at radius 2 is 1.90 bits per heavy atom. The summed E-state index contributed by atoms with van der Waals surface area (Å²) >= 11 is 2.05. The molecule has 0 aromatic heterocycles. The Bertz CT molecular complexity index is 569. The normalized spacial score (nSPS) is 12.2. The van der Waals surface area contributed by atoms with Crippen LogP contribution in [0.25, 0.3) is 0 Å².